The Kier molecular flexibility index (Phi) is 3.76. The van der Waals surface area contributed by atoms with Gasteiger partial charge in [0, 0.05) is 11.4 Å². The highest BCUT2D eigenvalue weighted by atomic mass is 32.1. The van der Waals surface area contributed by atoms with E-state index in [4.69, 9.17) is 0 Å². The summed E-state index contributed by atoms with van der Waals surface area (Å²) in [7, 11) is 0. The number of rotatable bonds is 4. The van der Waals surface area contributed by atoms with Crippen molar-refractivity contribution in [2.24, 2.45) is 11.8 Å². The quantitative estimate of drug-likeness (QED) is 0.850. The van der Waals surface area contributed by atoms with Gasteiger partial charge in [-0.25, -0.2) is 4.98 Å². The van der Waals surface area contributed by atoms with Crippen molar-refractivity contribution in [1.82, 2.24) is 10.3 Å². The molecule has 1 saturated carbocycles. The van der Waals surface area contributed by atoms with Gasteiger partial charge in [-0.15, -0.1) is 11.3 Å². The molecule has 0 aliphatic heterocycles. The Balaban J connectivity index is 1.73. The number of nitrogens with one attached hydrogen (secondary N) is 1. The van der Waals surface area contributed by atoms with Crippen LogP contribution in [0.25, 0.3) is 0 Å². The van der Waals surface area contributed by atoms with Gasteiger partial charge in [-0.1, -0.05) is 19.8 Å². The average molecular weight is 224 g/mol. The number of aromatic nitrogens is 1. The number of thiazole rings is 1. The van der Waals surface area contributed by atoms with Crippen LogP contribution in [0, 0.1) is 18.8 Å². The summed E-state index contributed by atoms with van der Waals surface area (Å²) in [4.78, 5) is 5.65. The topological polar surface area (TPSA) is 24.9 Å². The third-order valence-corrected chi connectivity index (χ3v) is 4.51. The van der Waals surface area contributed by atoms with Gasteiger partial charge in [0.05, 0.1) is 11.2 Å². The van der Waals surface area contributed by atoms with E-state index >= 15 is 0 Å². The molecule has 0 bridgehead atoms. The Morgan fingerprint density at radius 1 is 1.53 bits per heavy atom. The minimum atomic E-state index is 0.901. The van der Waals surface area contributed by atoms with Crippen molar-refractivity contribution >= 4 is 11.3 Å². The third kappa shape index (κ3) is 2.79. The predicted octanol–water partition coefficient (Wildman–Crippen LogP) is 2.98. The lowest BCUT2D eigenvalue weighted by Gasteiger charge is -2.15. The lowest BCUT2D eigenvalue weighted by molar-refractivity contribution is 0.392. The van der Waals surface area contributed by atoms with Crippen molar-refractivity contribution < 1.29 is 0 Å². The molecule has 15 heavy (non-hydrogen) atoms. The summed E-state index contributed by atoms with van der Waals surface area (Å²) in [6, 6.07) is 0. The van der Waals surface area contributed by atoms with E-state index in [1.807, 2.05) is 5.51 Å². The first kappa shape index (κ1) is 11.1. The zero-order valence-corrected chi connectivity index (χ0v) is 10.4. The lowest BCUT2D eigenvalue weighted by Crippen LogP contribution is -2.23. The van der Waals surface area contributed by atoms with Crippen molar-refractivity contribution in [3.63, 3.8) is 0 Å². The third-order valence-electron chi connectivity index (χ3n) is 3.58. The molecule has 2 unspecified atom stereocenters. The number of hydrogen-bond acceptors (Lipinski definition) is 3. The van der Waals surface area contributed by atoms with Crippen LogP contribution in [-0.2, 0) is 6.54 Å². The summed E-state index contributed by atoms with van der Waals surface area (Å²) in [5, 5.41) is 3.57. The summed E-state index contributed by atoms with van der Waals surface area (Å²) >= 11 is 1.76. The Morgan fingerprint density at radius 2 is 2.40 bits per heavy atom. The number of hydrogen-bond donors (Lipinski definition) is 1. The molecule has 0 spiro atoms. The molecular weight excluding hydrogens is 204 g/mol. The second-order valence-electron chi connectivity index (χ2n) is 4.66. The van der Waals surface area contributed by atoms with E-state index < -0.39 is 0 Å². The van der Waals surface area contributed by atoms with Gasteiger partial charge in [-0.2, -0.15) is 0 Å². The van der Waals surface area contributed by atoms with Crippen LogP contribution in [0.3, 0.4) is 0 Å². The monoisotopic (exact) mass is 224 g/mol. The van der Waals surface area contributed by atoms with E-state index in [1.54, 1.807) is 11.3 Å². The van der Waals surface area contributed by atoms with Crippen LogP contribution >= 0.6 is 11.3 Å². The van der Waals surface area contributed by atoms with Gasteiger partial charge in [0.15, 0.2) is 0 Å². The highest BCUT2D eigenvalue weighted by Gasteiger charge is 2.22. The molecule has 1 aliphatic rings. The van der Waals surface area contributed by atoms with Crippen LogP contribution in [0.2, 0.25) is 0 Å². The average Bonchev–Trinajstić information content (AvgIpc) is 2.78. The highest BCUT2D eigenvalue weighted by molar-refractivity contribution is 7.09. The molecule has 0 radical (unpaired) electrons. The molecule has 0 amide bonds. The summed E-state index contributed by atoms with van der Waals surface area (Å²) in [5.41, 5.74) is 3.12. The van der Waals surface area contributed by atoms with Crippen LogP contribution < -0.4 is 5.32 Å². The van der Waals surface area contributed by atoms with Gasteiger partial charge in [0.25, 0.3) is 0 Å². The SMILES string of the molecule is Cc1ncsc1CNCC1CCCC1C. The molecule has 1 aromatic heterocycles. The van der Waals surface area contributed by atoms with Crippen LogP contribution in [0.1, 0.15) is 36.8 Å². The standard InChI is InChI=1S/C12H20N2S/c1-9-4-3-5-11(9)6-13-7-12-10(2)14-8-15-12/h8-9,11,13H,3-7H2,1-2H3. The van der Waals surface area contributed by atoms with Crippen molar-refractivity contribution in [3.8, 4) is 0 Å². The van der Waals surface area contributed by atoms with E-state index in [9.17, 15) is 0 Å². The van der Waals surface area contributed by atoms with Gasteiger partial charge in [0.2, 0.25) is 0 Å². The van der Waals surface area contributed by atoms with Gasteiger partial charge >= 0.3 is 0 Å². The summed E-state index contributed by atoms with van der Waals surface area (Å²) in [5.74, 6) is 1.82. The van der Waals surface area contributed by atoms with Crippen LogP contribution in [0.15, 0.2) is 5.51 Å². The molecule has 1 aliphatic carbocycles. The van der Waals surface area contributed by atoms with Crippen LogP contribution in [-0.4, -0.2) is 11.5 Å². The van der Waals surface area contributed by atoms with Crippen molar-refractivity contribution in [2.75, 3.05) is 6.54 Å². The molecule has 2 nitrogen and oxygen atoms in total. The fourth-order valence-electron chi connectivity index (χ4n) is 2.39. The van der Waals surface area contributed by atoms with Gasteiger partial charge in [-0.05, 0) is 31.7 Å². The molecular formula is C12H20N2S. The molecule has 2 rings (SSSR count). The van der Waals surface area contributed by atoms with Crippen LogP contribution in [0.5, 0.6) is 0 Å². The molecule has 1 aromatic rings. The number of nitrogens with zero attached hydrogens (tertiary/aromatic N) is 1. The Hall–Kier alpha value is -0.410. The second kappa shape index (κ2) is 5.08. The molecule has 1 fully saturated rings. The normalized spacial score (nSPS) is 26.0. The zero-order chi connectivity index (χ0) is 10.7. The summed E-state index contributed by atoms with van der Waals surface area (Å²) < 4.78 is 0. The number of aryl methyl sites for hydroxylation is 1. The van der Waals surface area contributed by atoms with Gasteiger partial charge in [0.1, 0.15) is 0 Å². The van der Waals surface area contributed by atoms with Gasteiger partial charge in [-0.3, -0.25) is 0 Å². The Bertz CT molecular complexity index is 308. The molecule has 84 valence electrons. The molecule has 0 aromatic carbocycles. The van der Waals surface area contributed by atoms with Crippen molar-refractivity contribution in [3.05, 3.63) is 16.1 Å². The first-order valence-corrected chi connectivity index (χ1v) is 6.75. The first-order valence-electron chi connectivity index (χ1n) is 5.87. The predicted molar refractivity (Wildman–Crippen MR) is 65.1 cm³/mol. The van der Waals surface area contributed by atoms with Crippen molar-refractivity contribution in [2.45, 2.75) is 39.7 Å². The fraction of sp³-hybridized carbons (Fsp3) is 0.750. The lowest BCUT2D eigenvalue weighted by atomic mass is 9.98. The molecule has 1 N–H and O–H groups in total. The van der Waals surface area contributed by atoms with E-state index in [0.29, 0.717) is 0 Å². The minimum Gasteiger partial charge on any atom is -0.312 e. The van der Waals surface area contributed by atoms with E-state index in [-0.39, 0.29) is 0 Å². The molecule has 1 heterocycles. The molecule has 3 heteroatoms. The van der Waals surface area contributed by atoms with Crippen molar-refractivity contribution in [1.29, 1.82) is 0 Å². The maximum atomic E-state index is 4.26. The van der Waals surface area contributed by atoms with E-state index in [2.05, 4.69) is 24.1 Å². The van der Waals surface area contributed by atoms with Gasteiger partial charge < -0.3 is 5.32 Å². The minimum absolute atomic E-state index is 0.901. The van der Waals surface area contributed by atoms with Crippen LogP contribution in [0.4, 0.5) is 0 Å². The molecule has 2 atom stereocenters. The maximum absolute atomic E-state index is 4.26. The zero-order valence-electron chi connectivity index (χ0n) is 9.62. The fourth-order valence-corrected chi connectivity index (χ4v) is 3.14. The van der Waals surface area contributed by atoms with E-state index in [1.165, 1.54) is 36.4 Å². The summed E-state index contributed by atoms with van der Waals surface area (Å²) in [6.07, 6.45) is 4.26. The smallest absolute Gasteiger partial charge is 0.0798 e. The summed E-state index contributed by atoms with van der Waals surface area (Å²) in [6.45, 7) is 6.65. The molecule has 0 saturated heterocycles. The second-order valence-corrected chi connectivity index (χ2v) is 5.60. The van der Waals surface area contributed by atoms with E-state index in [0.717, 1.165) is 18.4 Å². The highest BCUT2D eigenvalue weighted by Crippen LogP contribution is 2.30. The Morgan fingerprint density at radius 3 is 3.00 bits per heavy atom. The Labute approximate surface area is 96.1 Å². The first-order chi connectivity index (χ1) is 7.27. The largest absolute Gasteiger partial charge is 0.312 e. The maximum Gasteiger partial charge on any atom is 0.0798 e.